The third kappa shape index (κ3) is 4.45. The van der Waals surface area contributed by atoms with Crippen LogP contribution < -0.4 is 0 Å². The zero-order valence-electron chi connectivity index (χ0n) is 15.8. The quantitative estimate of drug-likeness (QED) is 0.573. The van der Waals surface area contributed by atoms with Crippen molar-refractivity contribution in [1.29, 1.82) is 0 Å². The molecule has 0 saturated carbocycles. The minimum Gasteiger partial charge on any atom is -0.344 e. The fourth-order valence-corrected chi connectivity index (χ4v) is 3.52. The highest BCUT2D eigenvalue weighted by Crippen LogP contribution is 2.29. The zero-order chi connectivity index (χ0) is 19.6. The van der Waals surface area contributed by atoms with Gasteiger partial charge in [0.2, 0.25) is 5.91 Å². The van der Waals surface area contributed by atoms with Crippen LogP contribution in [0.1, 0.15) is 30.3 Å². The van der Waals surface area contributed by atoms with E-state index in [-0.39, 0.29) is 12.5 Å². The Kier molecular flexibility index (Phi) is 6.08. The molecule has 6 heteroatoms. The molecule has 0 unspecified atom stereocenters. The van der Waals surface area contributed by atoms with Crippen molar-refractivity contribution in [3.05, 3.63) is 63.4 Å². The average Bonchev–Trinajstić information content (AvgIpc) is 2.92. The first-order valence-electron chi connectivity index (χ1n) is 9.02. The molecule has 142 valence electrons. The number of fused-ring (bicyclic) bond motifs is 1. The molecule has 3 rings (SSSR count). The molecule has 0 spiro atoms. The number of carbonyl (C=O) groups is 1. The van der Waals surface area contributed by atoms with Gasteiger partial charge in [0, 0.05) is 20.0 Å². The van der Waals surface area contributed by atoms with Gasteiger partial charge in [-0.2, -0.15) is 0 Å². The van der Waals surface area contributed by atoms with Gasteiger partial charge in [-0.1, -0.05) is 60.0 Å². The van der Waals surface area contributed by atoms with Gasteiger partial charge in [-0.25, -0.2) is 4.98 Å². The number of benzene rings is 2. The van der Waals surface area contributed by atoms with Crippen LogP contribution >= 0.6 is 23.2 Å². The molecule has 0 N–H and O–H groups in total. The summed E-state index contributed by atoms with van der Waals surface area (Å²) >= 11 is 12.4. The number of rotatable bonds is 6. The van der Waals surface area contributed by atoms with Crippen LogP contribution in [0.3, 0.4) is 0 Å². The van der Waals surface area contributed by atoms with Gasteiger partial charge in [-0.05, 0) is 31.0 Å². The number of aromatic nitrogens is 2. The van der Waals surface area contributed by atoms with Crippen molar-refractivity contribution in [1.82, 2.24) is 14.5 Å². The molecule has 0 radical (unpaired) electrons. The Bertz CT molecular complexity index is 981. The number of hydrogen-bond acceptors (Lipinski definition) is 2. The molecule has 2 aromatic carbocycles. The number of nitrogens with zero attached hydrogens (tertiary/aromatic N) is 3. The highest BCUT2D eigenvalue weighted by atomic mass is 35.5. The molecule has 0 atom stereocenters. The van der Waals surface area contributed by atoms with Crippen molar-refractivity contribution in [3.63, 3.8) is 0 Å². The first-order valence-corrected chi connectivity index (χ1v) is 9.78. The summed E-state index contributed by atoms with van der Waals surface area (Å²) in [4.78, 5) is 19.2. The van der Waals surface area contributed by atoms with E-state index in [0.717, 1.165) is 35.4 Å². The number of imidazole rings is 1. The monoisotopic (exact) mass is 403 g/mol. The standard InChI is InChI=1S/C21H23Cl2N3O/c1-4-8-25(3)21(27)13-26-19-12-17(23)16(22)11-18(19)24-20(26)10-15-7-5-6-14(2)9-15/h5-7,9,11-12H,4,8,10,13H2,1-3H3. The van der Waals surface area contributed by atoms with Gasteiger partial charge >= 0.3 is 0 Å². The SMILES string of the molecule is CCCN(C)C(=O)Cn1c(Cc2cccc(C)c2)nc2cc(Cl)c(Cl)cc21. The summed E-state index contributed by atoms with van der Waals surface area (Å²) in [6, 6.07) is 11.9. The van der Waals surface area contributed by atoms with Gasteiger partial charge in [0.15, 0.2) is 0 Å². The summed E-state index contributed by atoms with van der Waals surface area (Å²) in [6.45, 7) is 5.08. The van der Waals surface area contributed by atoms with Gasteiger partial charge in [0.05, 0.1) is 21.1 Å². The van der Waals surface area contributed by atoms with Crippen molar-refractivity contribution in [2.75, 3.05) is 13.6 Å². The summed E-state index contributed by atoms with van der Waals surface area (Å²) in [5, 5.41) is 0.923. The van der Waals surface area contributed by atoms with E-state index in [9.17, 15) is 4.79 Å². The highest BCUT2D eigenvalue weighted by Gasteiger charge is 2.17. The Morgan fingerprint density at radius 3 is 2.63 bits per heavy atom. The lowest BCUT2D eigenvalue weighted by molar-refractivity contribution is -0.130. The minimum absolute atomic E-state index is 0.0488. The molecular weight excluding hydrogens is 381 g/mol. The first kappa shape index (κ1) is 19.7. The topological polar surface area (TPSA) is 38.1 Å². The average molecular weight is 404 g/mol. The molecular formula is C21H23Cl2N3O. The molecule has 4 nitrogen and oxygen atoms in total. The highest BCUT2D eigenvalue weighted by molar-refractivity contribution is 6.42. The fraction of sp³-hybridized carbons (Fsp3) is 0.333. The summed E-state index contributed by atoms with van der Waals surface area (Å²) in [5.74, 6) is 0.875. The van der Waals surface area contributed by atoms with Crippen LogP contribution in [0.2, 0.25) is 10.0 Å². The molecule has 1 heterocycles. The lowest BCUT2D eigenvalue weighted by Crippen LogP contribution is -2.31. The second kappa shape index (κ2) is 8.32. The molecule has 3 aromatic rings. The van der Waals surface area contributed by atoms with E-state index in [1.54, 1.807) is 17.0 Å². The third-order valence-electron chi connectivity index (χ3n) is 4.59. The summed E-state index contributed by atoms with van der Waals surface area (Å²) in [7, 11) is 1.83. The molecule has 1 amide bonds. The number of carbonyl (C=O) groups excluding carboxylic acids is 1. The summed E-state index contributed by atoms with van der Waals surface area (Å²) in [5.41, 5.74) is 3.92. The zero-order valence-corrected chi connectivity index (χ0v) is 17.3. The minimum atomic E-state index is 0.0488. The molecule has 0 aliphatic rings. The third-order valence-corrected chi connectivity index (χ3v) is 5.31. The van der Waals surface area contributed by atoms with E-state index < -0.39 is 0 Å². The number of halogens is 2. The Morgan fingerprint density at radius 2 is 1.93 bits per heavy atom. The molecule has 1 aromatic heterocycles. The van der Waals surface area contributed by atoms with E-state index in [2.05, 4.69) is 32.0 Å². The Labute approximate surface area is 169 Å². The van der Waals surface area contributed by atoms with E-state index in [4.69, 9.17) is 28.2 Å². The van der Waals surface area contributed by atoms with Gasteiger partial charge in [-0.3, -0.25) is 4.79 Å². The van der Waals surface area contributed by atoms with Crippen molar-refractivity contribution < 1.29 is 4.79 Å². The predicted molar refractivity (Wildman–Crippen MR) is 112 cm³/mol. The molecule has 0 saturated heterocycles. The molecule has 0 aliphatic heterocycles. The molecule has 0 bridgehead atoms. The fourth-order valence-electron chi connectivity index (χ4n) is 3.20. The summed E-state index contributed by atoms with van der Waals surface area (Å²) < 4.78 is 1.95. The van der Waals surface area contributed by atoms with Gasteiger partial charge in [0.25, 0.3) is 0 Å². The lowest BCUT2D eigenvalue weighted by atomic mass is 10.1. The van der Waals surface area contributed by atoms with Crippen molar-refractivity contribution in [3.8, 4) is 0 Å². The Hall–Kier alpha value is -2.04. The normalized spacial score (nSPS) is 11.1. The first-order chi connectivity index (χ1) is 12.9. The second-order valence-electron chi connectivity index (χ2n) is 6.85. The number of hydrogen-bond donors (Lipinski definition) is 0. The van der Waals surface area contributed by atoms with Crippen molar-refractivity contribution >= 4 is 40.1 Å². The maximum atomic E-state index is 12.7. The van der Waals surface area contributed by atoms with Gasteiger partial charge < -0.3 is 9.47 Å². The smallest absolute Gasteiger partial charge is 0.242 e. The van der Waals surface area contributed by atoms with Crippen LogP contribution in [0.25, 0.3) is 11.0 Å². The number of amides is 1. The van der Waals surface area contributed by atoms with Crippen molar-refractivity contribution in [2.24, 2.45) is 0 Å². The van der Waals surface area contributed by atoms with Crippen LogP contribution in [0.4, 0.5) is 0 Å². The second-order valence-corrected chi connectivity index (χ2v) is 7.66. The van der Waals surface area contributed by atoms with Crippen LogP contribution in [-0.2, 0) is 17.8 Å². The molecule has 0 fully saturated rings. The van der Waals surface area contributed by atoms with E-state index in [1.807, 2.05) is 17.7 Å². The summed E-state index contributed by atoms with van der Waals surface area (Å²) in [6.07, 6.45) is 1.56. The lowest BCUT2D eigenvalue weighted by Gasteiger charge is -2.18. The maximum absolute atomic E-state index is 12.7. The molecule has 0 aliphatic carbocycles. The largest absolute Gasteiger partial charge is 0.344 e. The van der Waals surface area contributed by atoms with Crippen LogP contribution in [0.15, 0.2) is 36.4 Å². The Balaban J connectivity index is 2.04. The van der Waals surface area contributed by atoms with Crippen LogP contribution in [0.5, 0.6) is 0 Å². The number of aryl methyl sites for hydroxylation is 1. The van der Waals surface area contributed by atoms with Crippen molar-refractivity contribution in [2.45, 2.75) is 33.2 Å². The van der Waals surface area contributed by atoms with Crippen LogP contribution in [-0.4, -0.2) is 34.0 Å². The van der Waals surface area contributed by atoms with Crippen LogP contribution in [0, 0.1) is 6.92 Å². The molecule has 27 heavy (non-hydrogen) atoms. The number of likely N-dealkylation sites (N-methyl/N-ethyl adjacent to an activating group) is 1. The van der Waals surface area contributed by atoms with E-state index >= 15 is 0 Å². The van der Waals surface area contributed by atoms with Gasteiger partial charge in [-0.15, -0.1) is 0 Å². The Morgan fingerprint density at radius 1 is 1.19 bits per heavy atom. The van der Waals surface area contributed by atoms with Gasteiger partial charge in [0.1, 0.15) is 12.4 Å². The maximum Gasteiger partial charge on any atom is 0.242 e. The van der Waals surface area contributed by atoms with E-state index in [0.29, 0.717) is 16.5 Å². The van der Waals surface area contributed by atoms with E-state index in [1.165, 1.54) is 5.56 Å². The predicted octanol–water partition coefficient (Wildman–Crippen LogP) is 5.11.